The molecule has 1 aromatic carbocycles. The Balaban J connectivity index is 2.24. The molecule has 1 atom stereocenters. The highest BCUT2D eigenvalue weighted by Gasteiger charge is 2.16. The van der Waals surface area contributed by atoms with Gasteiger partial charge in [-0.15, -0.1) is 0 Å². The van der Waals surface area contributed by atoms with Gasteiger partial charge in [-0.3, -0.25) is 0 Å². The van der Waals surface area contributed by atoms with Crippen LogP contribution in [0, 0.1) is 5.92 Å². The molecule has 0 fully saturated rings. The Kier molecular flexibility index (Phi) is 1.66. The second-order valence-electron chi connectivity index (χ2n) is 4.44. The third-order valence-electron chi connectivity index (χ3n) is 3.30. The number of fused-ring (bicyclic) bond motifs is 3. The molecule has 14 heavy (non-hydrogen) atoms. The molecule has 0 amide bonds. The van der Waals surface area contributed by atoms with Crippen molar-refractivity contribution in [1.29, 1.82) is 0 Å². The number of hydrogen-bond donors (Lipinski definition) is 0. The summed E-state index contributed by atoms with van der Waals surface area (Å²) < 4.78 is 2.48. The fraction of sp³-hybridized carbons (Fsp3) is 0.385. The van der Waals surface area contributed by atoms with E-state index in [9.17, 15) is 0 Å². The van der Waals surface area contributed by atoms with Crippen LogP contribution in [-0.2, 0) is 13.0 Å². The second-order valence-corrected chi connectivity index (χ2v) is 4.44. The maximum atomic E-state index is 2.48. The summed E-state index contributed by atoms with van der Waals surface area (Å²) in [5, 5.41) is 1.40. The molecule has 0 N–H and O–H groups in total. The number of aromatic nitrogens is 1. The Morgan fingerprint density at radius 1 is 1.29 bits per heavy atom. The van der Waals surface area contributed by atoms with Gasteiger partial charge in [-0.2, -0.15) is 0 Å². The summed E-state index contributed by atoms with van der Waals surface area (Å²) in [5.41, 5.74) is 2.93. The molecule has 0 saturated carbocycles. The van der Waals surface area contributed by atoms with Crippen LogP contribution in [0.3, 0.4) is 0 Å². The first-order chi connectivity index (χ1) is 6.84. The monoisotopic (exact) mass is 185 g/mol. The van der Waals surface area contributed by atoms with E-state index in [1.54, 1.807) is 0 Å². The quantitative estimate of drug-likeness (QED) is 0.594. The molecule has 1 aliphatic rings. The lowest BCUT2D eigenvalue weighted by Crippen LogP contribution is -2.16. The largest absolute Gasteiger partial charge is 0.345 e. The van der Waals surface area contributed by atoms with Gasteiger partial charge in [0.2, 0.25) is 0 Å². The molecule has 0 aliphatic carbocycles. The number of benzene rings is 1. The van der Waals surface area contributed by atoms with Crippen LogP contribution in [0.4, 0.5) is 0 Å². The Hall–Kier alpha value is -1.24. The van der Waals surface area contributed by atoms with Crippen molar-refractivity contribution in [3.63, 3.8) is 0 Å². The molecule has 1 nitrogen and oxygen atoms in total. The molecule has 1 aromatic heterocycles. The minimum absolute atomic E-state index is 0.854. The van der Waals surface area contributed by atoms with Gasteiger partial charge in [-0.05, 0) is 36.3 Å². The van der Waals surface area contributed by atoms with Crippen molar-refractivity contribution in [3.8, 4) is 0 Å². The highest BCUT2D eigenvalue weighted by atomic mass is 15.0. The minimum atomic E-state index is 0.854. The third kappa shape index (κ3) is 1.08. The molecule has 72 valence electrons. The molecule has 3 rings (SSSR count). The molecule has 1 unspecified atom stereocenters. The SMILES string of the molecule is CC1CCn2c(cc3ccccc32)C1. The van der Waals surface area contributed by atoms with E-state index in [0.29, 0.717) is 0 Å². The minimum Gasteiger partial charge on any atom is -0.345 e. The maximum absolute atomic E-state index is 2.48. The van der Waals surface area contributed by atoms with E-state index >= 15 is 0 Å². The van der Waals surface area contributed by atoms with Crippen molar-refractivity contribution in [2.24, 2.45) is 5.92 Å². The molecular formula is C13H15N. The van der Waals surface area contributed by atoms with Gasteiger partial charge in [-0.25, -0.2) is 0 Å². The Bertz CT molecular complexity index is 467. The van der Waals surface area contributed by atoms with Crippen LogP contribution in [0.15, 0.2) is 30.3 Å². The fourth-order valence-electron chi connectivity index (χ4n) is 2.51. The standard InChI is InChI=1S/C13H15N/c1-10-6-7-14-12(8-10)9-11-4-2-3-5-13(11)14/h2-5,9-10H,6-8H2,1H3. The van der Waals surface area contributed by atoms with Crippen molar-refractivity contribution in [2.75, 3.05) is 0 Å². The maximum Gasteiger partial charge on any atom is 0.0482 e. The summed E-state index contributed by atoms with van der Waals surface area (Å²) in [6.07, 6.45) is 2.57. The number of nitrogens with zero attached hydrogens (tertiary/aromatic N) is 1. The smallest absolute Gasteiger partial charge is 0.0482 e. The summed E-state index contributed by atoms with van der Waals surface area (Å²) in [6, 6.07) is 11.1. The molecule has 0 saturated heterocycles. The summed E-state index contributed by atoms with van der Waals surface area (Å²) in [7, 11) is 0. The average Bonchev–Trinajstić information content (AvgIpc) is 2.54. The van der Waals surface area contributed by atoms with E-state index in [1.807, 2.05) is 0 Å². The van der Waals surface area contributed by atoms with Gasteiger partial charge in [0.05, 0.1) is 0 Å². The number of rotatable bonds is 0. The van der Waals surface area contributed by atoms with Crippen LogP contribution < -0.4 is 0 Å². The first-order valence-corrected chi connectivity index (χ1v) is 5.42. The van der Waals surface area contributed by atoms with Gasteiger partial charge in [0.1, 0.15) is 0 Å². The summed E-state index contributed by atoms with van der Waals surface area (Å²) >= 11 is 0. The number of para-hydroxylation sites is 1. The van der Waals surface area contributed by atoms with E-state index in [2.05, 4.69) is 41.8 Å². The van der Waals surface area contributed by atoms with E-state index in [0.717, 1.165) is 5.92 Å². The first kappa shape index (κ1) is 8.10. The van der Waals surface area contributed by atoms with Crippen LogP contribution >= 0.6 is 0 Å². The molecule has 1 heteroatoms. The lowest BCUT2D eigenvalue weighted by atomic mass is 9.98. The Labute approximate surface area is 84.4 Å². The number of aryl methyl sites for hydroxylation is 1. The lowest BCUT2D eigenvalue weighted by Gasteiger charge is -2.21. The van der Waals surface area contributed by atoms with Crippen molar-refractivity contribution < 1.29 is 0 Å². The molecule has 0 spiro atoms. The summed E-state index contributed by atoms with van der Waals surface area (Å²) in [5.74, 6) is 0.854. The van der Waals surface area contributed by atoms with Crippen LogP contribution in [0.5, 0.6) is 0 Å². The zero-order chi connectivity index (χ0) is 9.54. The highest BCUT2D eigenvalue weighted by molar-refractivity contribution is 5.81. The second kappa shape index (κ2) is 2.88. The summed E-state index contributed by atoms with van der Waals surface area (Å²) in [6.45, 7) is 3.55. The van der Waals surface area contributed by atoms with Gasteiger partial charge in [0.25, 0.3) is 0 Å². The molecular weight excluding hydrogens is 170 g/mol. The van der Waals surface area contributed by atoms with Crippen molar-refractivity contribution in [2.45, 2.75) is 26.3 Å². The molecule has 0 bridgehead atoms. The number of hydrogen-bond acceptors (Lipinski definition) is 0. The van der Waals surface area contributed by atoms with Crippen LogP contribution in [-0.4, -0.2) is 4.57 Å². The zero-order valence-corrected chi connectivity index (χ0v) is 8.53. The predicted octanol–water partition coefficient (Wildman–Crippen LogP) is 3.22. The van der Waals surface area contributed by atoms with Gasteiger partial charge >= 0.3 is 0 Å². The fourth-order valence-corrected chi connectivity index (χ4v) is 2.51. The summed E-state index contributed by atoms with van der Waals surface area (Å²) in [4.78, 5) is 0. The van der Waals surface area contributed by atoms with Gasteiger partial charge in [-0.1, -0.05) is 25.1 Å². The first-order valence-electron chi connectivity index (χ1n) is 5.42. The predicted molar refractivity (Wildman–Crippen MR) is 59.4 cm³/mol. The normalized spacial score (nSPS) is 21.1. The van der Waals surface area contributed by atoms with E-state index in [-0.39, 0.29) is 0 Å². The van der Waals surface area contributed by atoms with Crippen molar-refractivity contribution >= 4 is 10.9 Å². The van der Waals surface area contributed by atoms with Gasteiger partial charge in [0, 0.05) is 17.8 Å². The van der Waals surface area contributed by atoms with E-state index in [1.165, 1.54) is 36.0 Å². The van der Waals surface area contributed by atoms with Crippen LogP contribution in [0.1, 0.15) is 19.0 Å². The van der Waals surface area contributed by atoms with Gasteiger partial charge in [0.15, 0.2) is 0 Å². The van der Waals surface area contributed by atoms with Crippen LogP contribution in [0.2, 0.25) is 0 Å². The highest BCUT2D eigenvalue weighted by Crippen LogP contribution is 2.27. The molecule has 2 heterocycles. The van der Waals surface area contributed by atoms with Crippen molar-refractivity contribution in [3.05, 3.63) is 36.0 Å². The van der Waals surface area contributed by atoms with E-state index in [4.69, 9.17) is 0 Å². The van der Waals surface area contributed by atoms with Crippen molar-refractivity contribution in [1.82, 2.24) is 4.57 Å². The third-order valence-corrected chi connectivity index (χ3v) is 3.30. The Morgan fingerprint density at radius 2 is 2.14 bits per heavy atom. The topological polar surface area (TPSA) is 4.93 Å². The van der Waals surface area contributed by atoms with Gasteiger partial charge < -0.3 is 4.57 Å². The lowest BCUT2D eigenvalue weighted by molar-refractivity contribution is 0.423. The average molecular weight is 185 g/mol. The zero-order valence-electron chi connectivity index (χ0n) is 8.53. The molecule has 1 aliphatic heterocycles. The molecule has 2 aromatic rings. The van der Waals surface area contributed by atoms with Crippen LogP contribution in [0.25, 0.3) is 10.9 Å². The Morgan fingerprint density at radius 3 is 3.07 bits per heavy atom. The molecule has 0 radical (unpaired) electrons. The van der Waals surface area contributed by atoms with E-state index < -0.39 is 0 Å².